The van der Waals surface area contributed by atoms with Gasteiger partial charge < -0.3 is 15.0 Å². The summed E-state index contributed by atoms with van der Waals surface area (Å²) in [5, 5.41) is 3.03. The second kappa shape index (κ2) is 14.8. The van der Waals surface area contributed by atoms with Crippen LogP contribution < -0.4 is 14.4 Å². The molecule has 0 aromatic heterocycles. The lowest BCUT2D eigenvalue weighted by atomic mass is 10.0. The molecule has 0 aliphatic heterocycles. The number of carbonyl (C=O) groups excluding carboxylic acids is 2. The molecule has 45 heavy (non-hydrogen) atoms. The fourth-order valence-corrected chi connectivity index (χ4v) is 5.83. The second-order valence-corrected chi connectivity index (χ2v) is 14.6. The fourth-order valence-electron chi connectivity index (χ4n) is 4.71. The smallest absolute Gasteiger partial charge is 0.244 e. The van der Waals surface area contributed by atoms with E-state index < -0.39 is 34.1 Å². The summed E-state index contributed by atoms with van der Waals surface area (Å²) in [6.07, 6.45) is 1.30. The van der Waals surface area contributed by atoms with Crippen molar-refractivity contribution >= 4 is 43.5 Å². The summed E-state index contributed by atoms with van der Waals surface area (Å²) < 4.78 is 33.9. The number of halogens is 1. The number of amides is 2. The van der Waals surface area contributed by atoms with Gasteiger partial charge in [0.05, 0.1) is 11.9 Å². The van der Waals surface area contributed by atoms with Crippen molar-refractivity contribution in [3.8, 4) is 11.5 Å². The summed E-state index contributed by atoms with van der Waals surface area (Å²) >= 11 is 3.45. The Bertz CT molecular complexity index is 1680. The minimum atomic E-state index is -3.89. The predicted octanol–water partition coefficient (Wildman–Crippen LogP) is 6.56. The van der Waals surface area contributed by atoms with Gasteiger partial charge in [0.25, 0.3) is 0 Å². The number of para-hydroxylation sites is 1. The van der Waals surface area contributed by atoms with Gasteiger partial charge in [0, 0.05) is 23.0 Å². The van der Waals surface area contributed by atoms with Crippen LogP contribution in [0.25, 0.3) is 0 Å². The van der Waals surface area contributed by atoms with Gasteiger partial charge in [-0.2, -0.15) is 0 Å². The van der Waals surface area contributed by atoms with Crippen LogP contribution in [0.1, 0.15) is 31.9 Å². The monoisotopic (exact) mass is 691 g/mol. The van der Waals surface area contributed by atoms with E-state index in [-0.39, 0.29) is 18.9 Å². The maximum atomic E-state index is 14.3. The molecule has 2 amide bonds. The Morgan fingerprint density at radius 2 is 1.36 bits per heavy atom. The molecule has 1 N–H and O–H groups in total. The molecule has 0 aliphatic rings. The van der Waals surface area contributed by atoms with E-state index >= 15 is 0 Å². The molecule has 0 radical (unpaired) electrons. The van der Waals surface area contributed by atoms with Crippen molar-refractivity contribution < 1.29 is 22.7 Å². The van der Waals surface area contributed by atoms with Gasteiger partial charge in [-0.1, -0.05) is 76.6 Å². The van der Waals surface area contributed by atoms with E-state index in [1.54, 1.807) is 24.3 Å². The van der Waals surface area contributed by atoms with Crippen molar-refractivity contribution in [1.82, 2.24) is 10.2 Å². The Balaban J connectivity index is 1.68. The fraction of sp³-hybridized carbons (Fsp3) is 0.257. The lowest BCUT2D eigenvalue weighted by Gasteiger charge is -2.35. The van der Waals surface area contributed by atoms with Gasteiger partial charge in [-0.25, -0.2) is 8.42 Å². The molecule has 4 rings (SSSR count). The van der Waals surface area contributed by atoms with E-state index in [4.69, 9.17) is 4.74 Å². The first-order valence-electron chi connectivity index (χ1n) is 14.5. The number of rotatable bonds is 12. The highest BCUT2D eigenvalue weighted by atomic mass is 79.9. The first-order valence-corrected chi connectivity index (χ1v) is 17.1. The molecule has 0 fully saturated rings. The minimum Gasteiger partial charge on any atom is -0.457 e. The zero-order valence-corrected chi connectivity index (χ0v) is 28.2. The molecule has 8 nitrogen and oxygen atoms in total. The summed E-state index contributed by atoms with van der Waals surface area (Å²) in [5.74, 6) is 0.313. The first-order chi connectivity index (χ1) is 21.3. The molecule has 0 spiro atoms. The van der Waals surface area contributed by atoms with Crippen LogP contribution in [-0.4, -0.2) is 49.5 Å². The molecule has 236 valence electrons. The summed E-state index contributed by atoms with van der Waals surface area (Å²) in [5.41, 5.74) is 1.41. The van der Waals surface area contributed by atoms with Crippen molar-refractivity contribution in [2.75, 3.05) is 17.1 Å². The van der Waals surface area contributed by atoms with E-state index in [0.29, 0.717) is 17.2 Å². The van der Waals surface area contributed by atoms with E-state index in [9.17, 15) is 18.0 Å². The highest BCUT2D eigenvalue weighted by Gasteiger charge is 2.34. The Kier molecular flexibility index (Phi) is 11.1. The highest BCUT2D eigenvalue weighted by molar-refractivity contribution is 9.10. The highest BCUT2D eigenvalue weighted by Crippen LogP contribution is 2.26. The van der Waals surface area contributed by atoms with Crippen molar-refractivity contribution in [2.45, 2.75) is 45.3 Å². The van der Waals surface area contributed by atoms with Gasteiger partial charge in [0.15, 0.2) is 0 Å². The van der Waals surface area contributed by atoms with E-state index in [1.807, 2.05) is 106 Å². The molecule has 0 bridgehead atoms. The van der Waals surface area contributed by atoms with Crippen molar-refractivity contribution in [2.24, 2.45) is 0 Å². The summed E-state index contributed by atoms with van der Waals surface area (Å²) in [6, 6.07) is 31.7. The molecular weight excluding hydrogens is 654 g/mol. The quantitative estimate of drug-likeness (QED) is 0.182. The minimum absolute atomic E-state index is 0.0998. The number of sulfonamides is 1. The normalized spacial score (nSPS) is 12.2. The number of nitrogens with one attached hydrogen (secondary N) is 1. The predicted molar refractivity (Wildman–Crippen MR) is 182 cm³/mol. The van der Waals surface area contributed by atoms with Crippen LogP contribution in [0.2, 0.25) is 0 Å². The van der Waals surface area contributed by atoms with E-state index in [2.05, 4.69) is 21.2 Å². The average molecular weight is 693 g/mol. The second-order valence-electron chi connectivity index (χ2n) is 11.8. The van der Waals surface area contributed by atoms with Gasteiger partial charge in [0.2, 0.25) is 21.8 Å². The maximum Gasteiger partial charge on any atom is 0.244 e. The molecule has 1 atom stereocenters. The SMILES string of the molecule is CC(C)(C)NC(=O)C(Cc1ccccc1)N(Cc1ccc(Br)cc1)C(=O)CN(c1ccc(Oc2ccccc2)cc1)S(C)(=O)=O. The van der Waals surface area contributed by atoms with Gasteiger partial charge in [-0.05, 0) is 80.4 Å². The van der Waals surface area contributed by atoms with E-state index in [0.717, 1.165) is 26.2 Å². The average Bonchev–Trinajstić information content (AvgIpc) is 2.98. The molecule has 4 aromatic carbocycles. The number of nitrogens with zero attached hydrogens (tertiary/aromatic N) is 2. The summed E-state index contributed by atoms with van der Waals surface area (Å²) in [4.78, 5) is 29.6. The molecule has 1 unspecified atom stereocenters. The number of hydrogen-bond donors (Lipinski definition) is 1. The van der Waals surface area contributed by atoms with Crippen LogP contribution >= 0.6 is 15.9 Å². The summed E-state index contributed by atoms with van der Waals surface area (Å²) in [7, 11) is -3.89. The largest absolute Gasteiger partial charge is 0.457 e. The number of benzene rings is 4. The van der Waals surface area contributed by atoms with Crippen LogP contribution in [0.3, 0.4) is 0 Å². The lowest BCUT2D eigenvalue weighted by Crippen LogP contribution is -2.56. The molecule has 10 heteroatoms. The Morgan fingerprint density at radius 1 is 0.800 bits per heavy atom. The molecule has 0 saturated heterocycles. The van der Waals surface area contributed by atoms with Gasteiger partial charge in [-0.15, -0.1) is 0 Å². The Hall–Kier alpha value is -4.15. The number of anilines is 1. The number of ether oxygens (including phenoxy) is 1. The molecule has 4 aromatic rings. The Morgan fingerprint density at radius 3 is 1.91 bits per heavy atom. The lowest BCUT2D eigenvalue weighted by molar-refractivity contribution is -0.140. The van der Waals surface area contributed by atoms with Gasteiger partial charge in [0.1, 0.15) is 24.1 Å². The van der Waals surface area contributed by atoms with E-state index in [1.165, 1.54) is 4.90 Å². The van der Waals surface area contributed by atoms with Crippen LogP contribution in [0.5, 0.6) is 11.5 Å². The summed E-state index contributed by atoms with van der Waals surface area (Å²) in [6.45, 7) is 5.23. The van der Waals surface area contributed by atoms with Crippen LogP contribution in [0.15, 0.2) is 114 Å². The third-order valence-electron chi connectivity index (χ3n) is 6.82. The first kappa shape index (κ1) is 33.7. The van der Waals surface area contributed by atoms with Gasteiger partial charge in [-0.3, -0.25) is 13.9 Å². The third kappa shape index (κ3) is 10.2. The third-order valence-corrected chi connectivity index (χ3v) is 8.49. The molecule has 0 heterocycles. The standard InChI is InChI=1S/C35H38BrN3O5S/c1-35(2,3)37-34(41)32(23-26-11-7-5-8-12-26)38(24-27-15-17-28(36)18-16-27)33(40)25-39(45(4,42)43)29-19-21-31(22-20-29)44-30-13-9-6-10-14-30/h5-22,32H,23-25H2,1-4H3,(H,37,41). The maximum absolute atomic E-state index is 14.3. The van der Waals surface area contributed by atoms with Crippen molar-refractivity contribution in [1.29, 1.82) is 0 Å². The zero-order valence-electron chi connectivity index (χ0n) is 25.8. The number of carbonyl (C=O) groups is 2. The van der Waals surface area contributed by atoms with Crippen LogP contribution in [0, 0.1) is 0 Å². The molecular formula is C35H38BrN3O5S. The molecule has 0 aliphatic carbocycles. The Labute approximate surface area is 274 Å². The van der Waals surface area contributed by atoms with Gasteiger partial charge >= 0.3 is 0 Å². The van der Waals surface area contributed by atoms with Crippen LogP contribution in [0.4, 0.5) is 5.69 Å². The molecule has 0 saturated carbocycles. The van der Waals surface area contributed by atoms with Crippen LogP contribution in [-0.2, 0) is 32.6 Å². The number of hydrogen-bond acceptors (Lipinski definition) is 5. The zero-order chi connectivity index (χ0) is 32.6. The van der Waals surface area contributed by atoms with Crippen molar-refractivity contribution in [3.05, 3.63) is 125 Å². The van der Waals surface area contributed by atoms with Crippen molar-refractivity contribution in [3.63, 3.8) is 0 Å². The topological polar surface area (TPSA) is 96.0 Å².